The van der Waals surface area contributed by atoms with Gasteiger partial charge in [-0.3, -0.25) is 34.1 Å². The van der Waals surface area contributed by atoms with Crippen LogP contribution in [-0.2, 0) is 43.5 Å². The molecule has 0 aromatic heterocycles. The van der Waals surface area contributed by atoms with Gasteiger partial charge in [-0.25, -0.2) is 12.7 Å². The molecular formula is C56H97N9O10S3. The van der Waals surface area contributed by atoms with Crippen molar-refractivity contribution >= 4 is 69.0 Å². The maximum Gasteiger partial charge on any atom is 0.246 e. The number of carbonyl (C=O) groups is 6. The number of unbranched alkanes of at least 4 members (excludes halogenated alkanes) is 4. The molecule has 0 bridgehead atoms. The Morgan fingerprint density at radius 1 is 0.769 bits per heavy atom. The van der Waals surface area contributed by atoms with Crippen LogP contribution < -0.4 is 37.2 Å². The van der Waals surface area contributed by atoms with E-state index in [1.54, 1.807) is 11.8 Å². The summed E-state index contributed by atoms with van der Waals surface area (Å²) in [7, 11) is -3.43. The zero-order chi connectivity index (χ0) is 56.0. The van der Waals surface area contributed by atoms with Crippen LogP contribution in [-0.4, -0.2) is 169 Å². The summed E-state index contributed by atoms with van der Waals surface area (Å²) < 4.78 is 31.7. The van der Waals surface area contributed by atoms with Gasteiger partial charge in [0.2, 0.25) is 45.5 Å². The van der Waals surface area contributed by atoms with Crippen LogP contribution in [0, 0.1) is 40.9 Å². The van der Waals surface area contributed by atoms with Crippen molar-refractivity contribution in [1.82, 2.24) is 46.4 Å². The fourth-order valence-corrected chi connectivity index (χ4v) is 16.7. The lowest BCUT2D eigenvalue weighted by Gasteiger charge is -2.36. The monoisotopic (exact) mass is 1150 g/mol. The highest BCUT2D eigenvalue weighted by atomic mass is 32.2. The minimum absolute atomic E-state index is 0.0112. The van der Waals surface area contributed by atoms with Crippen molar-refractivity contribution in [3.8, 4) is 0 Å². The van der Waals surface area contributed by atoms with Gasteiger partial charge >= 0.3 is 0 Å². The second-order valence-electron chi connectivity index (χ2n) is 25.2. The van der Waals surface area contributed by atoms with E-state index in [-0.39, 0.29) is 91.9 Å². The molecule has 6 amide bonds. The average Bonchev–Trinajstić information content (AvgIpc) is 4.27. The number of aliphatic hydroxyl groups excluding tert-OH is 1. The third kappa shape index (κ3) is 18.6. The summed E-state index contributed by atoms with van der Waals surface area (Å²) in [6.45, 7) is 9.92. The van der Waals surface area contributed by atoms with Crippen molar-refractivity contribution in [1.29, 1.82) is 0 Å². The molecule has 7 rings (SSSR count). The highest BCUT2D eigenvalue weighted by Gasteiger charge is 2.45. The summed E-state index contributed by atoms with van der Waals surface area (Å²) >= 11 is 3.69. The highest BCUT2D eigenvalue weighted by Crippen LogP contribution is 2.39. The quantitative estimate of drug-likeness (QED) is 0.0598. The smallest absolute Gasteiger partial charge is 0.246 e. The SMILES string of the molecule is CC1NCSC1C1CCC(CNC(=O)[C@@H]2C[C@@H](O)CN2C(=O)[C@@H](NC(=O)CCCCCCCNC(=O)C2CCC(COC[C@H](NC(=O)C3CCN(S(C)(=O)=O)C3)C(=O)NC3NC(C4CCCCC4)CS3)CC2)C(C)(C)C)CC1. The van der Waals surface area contributed by atoms with Gasteiger partial charge in [0.05, 0.1) is 24.9 Å². The number of nitrogens with one attached hydrogen (secondary N) is 7. The lowest BCUT2D eigenvalue weighted by Crippen LogP contribution is -2.58. The fraction of sp³-hybridized carbons (Fsp3) is 0.893. The first kappa shape index (κ1) is 62.9. The molecule has 4 heterocycles. The second-order valence-corrected chi connectivity index (χ2v) is 29.5. The number of nitrogens with zero attached hydrogens (tertiary/aromatic N) is 2. The summed E-state index contributed by atoms with van der Waals surface area (Å²) in [5.41, 5.74) is -0.885. The van der Waals surface area contributed by atoms with E-state index in [1.165, 1.54) is 41.3 Å². The van der Waals surface area contributed by atoms with Crippen LogP contribution in [0.15, 0.2) is 0 Å². The average molecular weight is 1150 g/mol. The Balaban J connectivity index is 0.748. The number of carbonyl (C=O) groups excluding carboxylic acids is 6. The number of amides is 6. The van der Waals surface area contributed by atoms with Gasteiger partial charge in [-0.1, -0.05) is 59.3 Å². The Kier molecular flexibility index (Phi) is 24.2. The number of hydrogen-bond acceptors (Lipinski definition) is 14. The predicted octanol–water partition coefficient (Wildman–Crippen LogP) is 4.18. The molecule has 444 valence electrons. The van der Waals surface area contributed by atoms with Crippen LogP contribution >= 0.6 is 23.5 Å². The maximum absolute atomic E-state index is 14.1. The molecule has 0 spiro atoms. The maximum atomic E-state index is 14.1. The molecule has 0 radical (unpaired) electrons. The normalized spacial score (nSPS) is 31.1. The number of rotatable bonds is 25. The zero-order valence-corrected chi connectivity index (χ0v) is 50.0. The zero-order valence-electron chi connectivity index (χ0n) is 47.5. The van der Waals surface area contributed by atoms with E-state index >= 15 is 0 Å². The molecular weight excluding hydrogens is 1050 g/mol. The van der Waals surface area contributed by atoms with Crippen molar-refractivity contribution < 1.29 is 47.0 Å². The first-order valence-corrected chi connectivity index (χ1v) is 33.9. The molecule has 7 fully saturated rings. The minimum Gasteiger partial charge on any atom is -0.391 e. The van der Waals surface area contributed by atoms with E-state index in [2.05, 4.69) is 44.1 Å². The van der Waals surface area contributed by atoms with E-state index < -0.39 is 45.6 Å². The van der Waals surface area contributed by atoms with Crippen LogP contribution in [0.1, 0.15) is 163 Å². The number of ether oxygens (including phenoxy) is 1. The minimum atomic E-state index is -3.43. The predicted molar refractivity (Wildman–Crippen MR) is 306 cm³/mol. The molecule has 7 aliphatic rings. The number of hydrogen-bond donors (Lipinski definition) is 8. The lowest BCUT2D eigenvalue weighted by molar-refractivity contribution is -0.144. The van der Waals surface area contributed by atoms with Crippen LogP contribution in [0.4, 0.5) is 0 Å². The molecule has 4 aliphatic heterocycles. The number of β-amino-alcohol motifs (C(OH)–C–C–N with tert-alkyl or cyclic N) is 1. The molecule has 22 heteroatoms. The first-order valence-electron chi connectivity index (χ1n) is 29.9. The van der Waals surface area contributed by atoms with Crippen molar-refractivity contribution in [3.05, 3.63) is 0 Å². The van der Waals surface area contributed by atoms with Gasteiger partial charge in [0.15, 0.2) is 0 Å². The van der Waals surface area contributed by atoms with Crippen LogP contribution in [0.2, 0.25) is 0 Å². The van der Waals surface area contributed by atoms with Gasteiger partial charge in [0.1, 0.15) is 23.6 Å². The number of aliphatic hydroxyl groups is 1. The molecule has 78 heavy (non-hydrogen) atoms. The highest BCUT2D eigenvalue weighted by molar-refractivity contribution is 8.00. The summed E-state index contributed by atoms with van der Waals surface area (Å²) in [4.78, 5) is 82.7. The Morgan fingerprint density at radius 3 is 2.15 bits per heavy atom. The summed E-state index contributed by atoms with van der Waals surface area (Å²) in [6, 6.07) is -1.70. The standard InChI is InChI=1S/C56H97N9O10S3/c1-36-48(77-35-59-36)40-21-17-37(18-22-40)29-58-53(71)46-28-43(66)31-65(46)54(72)49(56(2,3)4)62-47(67)16-12-7-6-8-13-26-57-50(68)41-23-19-38(20-24-41)32-75-33-44(60-51(69)42-25-27-64(30-42)78(5,73)74)52(70)63-55-61-45(34-76-55)39-14-10-9-11-15-39/h36-46,48-49,55,59,61,66H,6-35H2,1-5H3,(H,57,68)(H,58,71)(H,60,69)(H,62,67)(H,63,70)/t36?,37?,38?,40?,41?,42?,43-,44+,45?,46+,48?,49-,55?/m1/s1. The van der Waals surface area contributed by atoms with Gasteiger partial charge in [-0.15, -0.1) is 23.5 Å². The van der Waals surface area contributed by atoms with Crippen molar-refractivity contribution in [3.63, 3.8) is 0 Å². The summed E-state index contributed by atoms with van der Waals surface area (Å²) in [6.07, 6.45) is 19.0. The Bertz CT molecular complexity index is 2100. The van der Waals surface area contributed by atoms with E-state index in [4.69, 9.17) is 4.74 Å². The summed E-state index contributed by atoms with van der Waals surface area (Å²) in [5.74, 6) is 1.81. The van der Waals surface area contributed by atoms with Crippen LogP contribution in [0.3, 0.4) is 0 Å². The number of sulfonamides is 1. The largest absolute Gasteiger partial charge is 0.391 e. The van der Waals surface area contributed by atoms with Crippen LogP contribution in [0.5, 0.6) is 0 Å². The second kappa shape index (κ2) is 30.0. The fourth-order valence-electron chi connectivity index (χ4n) is 13.1. The van der Waals surface area contributed by atoms with E-state index in [0.29, 0.717) is 67.6 Å². The molecule has 0 aromatic rings. The first-order chi connectivity index (χ1) is 37.2. The molecule has 5 unspecified atom stereocenters. The molecule has 3 aliphatic carbocycles. The van der Waals surface area contributed by atoms with E-state index in [1.807, 2.05) is 32.5 Å². The Labute approximate surface area is 474 Å². The molecule has 9 atom stereocenters. The Hall–Kier alpha value is -2.73. The van der Waals surface area contributed by atoms with Crippen LogP contribution in [0.25, 0.3) is 0 Å². The van der Waals surface area contributed by atoms with Gasteiger partial charge in [-0.2, -0.15) is 0 Å². The van der Waals surface area contributed by atoms with Gasteiger partial charge < -0.3 is 46.6 Å². The Morgan fingerprint density at radius 2 is 1.47 bits per heavy atom. The molecule has 8 N–H and O–H groups in total. The van der Waals surface area contributed by atoms with E-state index in [0.717, 1.165) is 94.9 Å². The molecule has 19 nitrogen and oxygen atoms in total. The molecule has 3 saturated carbocycles. The summed E-state index contributed by atoms with van der Waals surface area (Å²) in [5, 5.41) is 33.7. The van der Waals surface area contributed by atoms with Crippen molar-refractivity contribution in [2.75, 3.05) is 63.8 Å². The van der Waals surface area contributed by atoms with Gasteiger partial charge in [0, 0.05) is 87.1 Å². The van der Waals surface area contributed by atoms with Gasteiger partial charge in [-0.05, 0) is 119 Å². The number of likely N-dealkylation sites (tertiary alicyclic amines) is 1. The molecule has 4 saturated heterocycles. The third-order valence-electron chi connectivity index (χ3n) is 18.0. The van der Waals surface area contributed by atoms with Crippen molar-refractivity contribution in [2.24, 2.45) is 40.9 Å². The lowest BCUT2D eigenvalue weighted by atomic mass is 9.79. The molecule has 0 aromatic carbocycles. The number of thioether (sulfide) groups is 2. The van der Waals surface area contributed by atoms with E-state index in [9.17, 15) is 42.3 Å². The van der Waals surface area contributed by atoms with Crippen molar-refractivity contribution in [2.45, 2.75) is 210 Å². The topological polar surface area (TPSA) is 257 Å². The van der Waals surface area contributed by atoms with Gasteiger partial charge in [0.25, 0.3) is 0 Å². The third-order valence-corrected chi connectivity index (χ3v) is 22.0.